The second-order valence-corrected chi connectivity index (χ2v) is 8.17. The van der Waals surface area contributed by atoms with E-state index < -0.39 is 10.0 Å². The van der Waals surface area contributed by atoms with Gasteiger partial charge in [0, 0.05) is 19.2 Å². The summed E-state index contributed by atoms with van der Waals surface area (Å²) in [5.74, 6) is 0.296. The first kappa shape index (κ1) is 21.0. The predicted octanol–water partition coefficient (Wildman–Crippen LogP) is 2.61. The average molecular weight is 412 g/mol. The molecule has 1 aromatic heterocycles. The van der Waals surface area contributed by atoms with E-state index in [1.807, 2.05) is 12.1 Å². The minimum absolute atomic E-state index is 0.165. The molecule has 2 aromatic rings. The lowest BCUT2D eigenvalue weighted by Gasteiger charge is -2.23. The SMILES string of the molecule is COc1ccc(N(CCCC(=O)NCc2ccccn2)S(C)(=O)=O)cc1Cl. The molecule has 0 saturated carbocycles. The van der Waals surface area contributed by atoms with Crippen molar-refractivity contribution in [1.29, 1.82) is 0 Å². The smallest absolute Gasteiger partial charge is 0.232 e. The predicted molar refractivity (Wildman–Crippen MR) is 106 cm³/mol. The van der Waals surface area contributed by atoms with Gasteiger partial charge in [-0.25, -0.2) is 8.42 Å². The van der Waals surface area contributed by atoms with Gasteiger partial charge in [0.15, 0.2) is 0 Å². The number of anilines is 1. The Labute approximate surface area is 164 Å². The van der Waals surface area contributed by atoms with Crippen molar-refractivity contribution in [2.24, 2.45) is 0 Å². The molecule has 0 unspecified atom stereocenters. The van der Waals surface area contributed by atoms with Crippen LogP contribution in [0.25, 0.3) is 0 Å². The topological polar surface area (TPSA) is 88.6 Å². The van der Waals surface area contributed by atoms with Gasteiger partial charge in [0.1, 0.15) is 5.75 Å². The molecule has 27 heavy (non-hydrogen) atoms. The quantitative estimate of drug-likeness (QED) is 0.685. The van der Waals surface area contributed by atoms with E-state index in [9.17, 15) is 13.2 Å². The number of ether oxygens (including phenoxy) is 1. The van der Waals surface area contributed by atoms with Gasteiger partial charge in [-0.2, -0.15) is 0 Å². The van der Waals surface area contributed by atoms with Gasteiger partial charge in [0.05, 0.1) is 36.3 Å². The van der Waals surface area contributed by atoms with Crippen LogP contribution < -0.4 is 14.4 Å². The first-order valence-electron chi connectivity index (χ1n) is 8.29. The number of nitrogens with zero attached hydrogens (tertiary/aromatic N) is 2. The van der Waals surface area contributed by atoms with E-state index in [1.54, 1.807) is 24.4 Å². The molecule has 9 heteroatoms. The van der Waals surface area contributed by atoms with Gasteiger partial charge < -0.3 is 10.1 Å². The first-order chi connectivity index (χ1) is 12.8. The molecule has 1 N–H and O–H groups in total. The fourth-order valence-electron chi connectivity index (χ4n) is 2.46. The Morgan fingerprint density at radius 1 is 1.30 bits per heavy atom. The molecule has 0 radical (unpaired) electrons. The van der Waals surface area contributed by atoms with E-state index >= 15 is 0 Å². The highest BCUT2D eigenvalue weighted by molar-refractivity contribution is 7.92. The van der Waals surface area contributed by atoms with Crippen molar-refractivity contribution >= 4 is 33.2 Å². The van der Waals surface area contributed by atoms with Crippen LogP contribution in [0.4, 0.5) is 5.69 Å². The van der Waals surface area contributed by atoms with Crippen LogP contribution in [0.3, 0.4) is 0 Å². The Morgan fingerprint density at radius 2 is 2.07 bits per heavy atom. The molecule has 7 nitrogen and oxygen atoms in total. The standard InChI is InChI=1S/C18H22ClN3O4S/c1-26-17-9-8-15(12-16(17)19)22(27(2,24)25)11-5-7-18(23)21-13-14-6-3-4-10-20-14/h3-4,6,8-10,12H,5,7,11,13H2,1-2H3,(H,21,23). The minimum Gasteiger partial charge on any atom is -0.495 e. The number of benzene rings is 1. The molecule has 0 atom stereocenters. The maximum Gasteiger partial charge on any atom is 0.232 e. The van der Waals surface area contributed by atoms with E-state index in [0.29, 0.717) is 29.4 Å². The Hall–Kier alpha value is -2.32. The fourth-order valence-corrected chi connectivity index (χ4v) is 3.67. The molecule has 0 aliphatic carbocycles. The number of pyridine rings is 1. The highest BCUT2D eigenvalue weighted by Gasteiger charge is 2.19. The maximum atomic E-state index is 12.1. The fraction of sp³-hybridized carbons (Fsp3) is 0.333. The Balaban J connectivity index is 1.93. The average Bonchev–Trinajstić information content (AvgIpc) is 2.63. The number of hydrogen-bond acceptors (Lipinski definition) is 5. The lowest BCUT2D eigenvalue weighted by Crippen LogP contribution is -2.32. The maximum absolute atomic E-state index is 12.1. The highest BCUT2D eigenvalue weighted by atomic mass is 35.5. The zero-order valence-corrected chi connectivity index (χ0v) is 16.8. The van der Waals surface area contributed by atoms with Crippen molar-refractivity contribution < 1.29 is 17.9 Å². The van der Waals surface area contributed by atoms with Crippen molar-refractivity contribution in [1.82, 2.24) is 10.3 Å². The van der Waals surface area contributed by atoms with E-state index in [-0.39, 0.29) is 18.9 Å². The molecular formula is C18H22ClN3O4S. The van der Waals surface area contributed by atoms with E-state index in [1.165, 1.54) is 17.5 Å². The zero-order chi connectivity index (χ0) is 19.9. The molecule has 0 spiro atoms. The first-order valence-corrected chi connectivity index (χ1v) is 10.5. The molecule has 0 aliphatic heterocycles. The van der Waals surface area contributed by atoms with Crippen LogP contribution in [0.5, 0.6) is 5.75 Å². The minimum atomic E-state index is -3.52. The normalized spacial score (nSPS) is 11.1. The number of nitrogens with one attached hydrogen (secondary N) is 1. The van der Waals surface area contributed by atoms with Crippen molar-refractivity contribution in [3.05, 3.63) is 53.3 Å². The van der Waals surface area contributed by atoms with Gasteiger partial charge >= 0.3 is 0 Å². The number of methoxy groups -OCH3 is 1. The number of rotatable bonds is 9. The van der Waals surface area contributed by atoms with Gasteiger partial charge in [-0.3, -0.25) is 14.1 Å². The second kappa shape index (κ2) is 9.57. The molecule has 1 heterocycles. The number of halogens is 1. The van der Waals surface area contributed by atoms with Gasteiger partial charge in [0.2, 0.25) is 15.9 Å². The van der Waals surface area contributed by atoms with Crippen LogP contribution in [-0.4, -0.2) is 39.2 Å². The van der Waals surface area contributed by atoms with Crippen LogP contribution in [0, 0.1) is 0 Å². The van der Waals surface area contributed by atoms with Crippen molar-refractivity contribution in [2.75, 3.05) is 24.2 Å². The molecule has 1 amide bonds. The summed E-state index contributed by atoms with van der Waals surface area (Å²) >= 11 is 6.09. The van der Waals surface area contributed by atoms with E-state index in [0.717, 1.165) is 11.9 Å². The summed E-state index contributed by atoms with van der Waals surface area (Å²) in [7, 11) is -2.03. The van der Waals surface area contributed by atoms with E-state index in [4.69, 9.17) is 16.3 Å². The monoisotopic (exact) mass is 411 g/mol. The third-order valence-corrected chi connectivity index (χ3v) is 5.27. The third-order valence-electron chi connectivity index (χ3n) is 3.78. The van der Waals surface area contributed by atoms with Crippen LogP contribution >= 0.6 is 11.6 Å². The molecule has 0 bridgehead atoms. The summed E-state index contributed by atoms with van der Waals surface area (Å²) in [5.41, 5.74) is 1.19. The van der Waals surface area contributed by atoms with Crippen molar-refractivity contribution in [2.45, 2.75) is 19.4 Å². The van der Waals surface area contributed by atoms with Crippen LogP contribution in [0.2, 0.25) is 5.02 Å². The third kappa shape index (κ3) is 6.41. The summed E-state index contributed by atoms with van der Waals surface area (Å²) in [5, 5.41) is 3.08. The number of sulfonamides is 1. The summed E-state index contributed by atoms with van der Waals surface area (Å²) in [4.78, 5) is 16.1. The molecule has 0 fully saturated rings. The lowest BCUT2D eigenvalue weighted by atomic mass is 10.2. The molecule has 0 aliphatic rings. The number of aromatic nitrogens is 1. The lowest BCUT2D eigenvalue weighted by molar-refractivity contribution is -0.121. The van der Waals surface area contributed by atoms with Crippen molar-refractivity contribution in [3.8, 4) is 5.75 Å². The second-order valence-electron chi connectivity index (χ2n) is 5.86. The highest BCUT2D eigenvalue weighted by Crippen LogP contribution is 2.30. The summed E-state index contributed by atoms with van der Waals surface area (Å²) in [6, 6.07) is 10.2. The van der Waals surface area contributed by atoms with Gasteiger partial charge in [0.25, 0.3) is 0 Å². The number of hydrogen-bond donors (Lipinski definition) is 1. The molecular weight excluding hydrogens is 390 g/mol. The largest absolute Gasteiger partial charge is 0.495 e. The number of amides is 1. The number of carbonyl (C=O) groups excluding carboxylic acids is 1. The van der Waals surface area contributed by atoms with Crippen LogP contribution in [0.15, 0.2) is 42.6 Å². The molecule has 2 rings (SSSR count). The Bertz CT molecular complexity index is 875. The number of carbonyl (C=O) groups is 1. The zero-order valence-electron chi connectivity index (χ0n) is 15.2. The summed E-state index contributed by atoms with van der Waals surface area (Å²) < 4.78 is 30.6. The Morgan fingerprint density at radius 3 is 2.67 bits per heavy atom. The molecule has 1 aromatic carbocycles. The molecule has 146 valence electrons. The van der Waals surface area contributed by atoms with Crippen LogP contribution in [-0.2, 0) is 21.4 Å². The van der Waals surface area contributed by atoms with Crippen LogP contribution in [0.1, 0.15) is 18.5 Å². The van der Waals surface area contributed by atoms with Gasteiger partial charge in [-0.1, -0.05) is 17.7 Å². The summed E-state index contributed by atoms with van der Waals surface area (Å²) in [6.07, 6.45) is 3.34. The van der Waals surface area contributed by atoms with Crippen molar-refractivity contribution in [3.63, 3.8) is 0 Å². The Kier molecular flexibility index (Phi) is 7.44. The van der Waals surface area contributed by atoms with E-state index in [2.05, 4.69) is 10.3 Å². The van der Waals surface area contributed by atoms with Gasteiger partial charge in [-0.15, -0.1) is 0 Å². The molecule has 0 saturated heterocycles. The summed E-state index contributed by atoms with van der Waals surface area (Å²) in [6.45, 7) is 0.502. The van der Waals surface area contributed by atoms with Gasteiger partial charge in [-0.05, 0) is 36.8 Å².